The summed E-state index contributed by atoms with van der Waals surface area (Å²) >= 11 is 1.93. The monoisotopic (exact) mass is 282 g/mol. The van der Waals surface area contributed by atoms with Crippen LogP contribution in [0.25, 0.3) is 0 Å². The van der Waals surface area contributed by atoms with Gasteiger partial charge in [0.05, 0.1) is 6.04 Å². The lowest BCUT2D eigenvalue weighted by molar-refractivity contribution is 0.143. The van der Waals surface area contributed by atoms with E-state index < -0.39 is 0 Å². The van der Waals surface area contributed by atoms with Gasteiger partial charge in [-0.25, -0.2) is 0 Å². The van der Waals surface area contributed by atoms with Gasteiger partial charge in [-0.2, -0.15) is 0 Å². The SMILES string of the molecule is CCCCN(C(C)CC)C(CN)c1ccc(CC)s1. The molecule has 1 aromatic rings. The topological polar surface area (TPSA) is 29.3 Å². The molecule has 0 aliphatic heterocycles. The lowest BCUT2D eigenvalue weighted by atomic mass is 10.1. The molecule has 0 saturated heterocycles. The molecule has 0 spiro atoms. The van der Waals surface area contributed by atoms with Crippen molar-refractivity contribution in [1.29, 1.82) is 0 Å². The van der Waals surface area contributed by atoms with Gasteiger partial charge in [-0.1, -0.05) is 27.2 Å². The average molecular weight is 282 g/mol. The summed E-state index contributed by atoms with van der Waals surface area (Å²) in [5, 5.41) is 0. The second-order valence-corrected chi connectivity index (χ2v) is 6.46. The van der Waals surface area contributed by atoms with Crippen LogP contribution < -0.4 is 5.73 Å². The van der Waals surface area contributed by atoms with Gasteiger partial charge in [0.15, 0.2) is 0 Å². The van der Waals surface area contributed by atoms with E-state index in [1.165, 1.54) is 29.0 Å². The highest BCUT2D eigenvalue weighted by atomic mass is 32.1. The molecule has 0 radical (unpaired) electrons. The van der Waals surface area contributed by atoms with Crippen LogP contribution in [0.3, 0.4) is 0 Å². The quantitative estimate of drug-likeness (QED) is 0.735. The second-order valence-electron chi connectivity index (χ2n) is 5.26. The lowest BCUT2D eigenvalue weighted by Crippen LogP contribution is -2.40. The molecule has 0 aliphatic carbocycles. The van der Waals surface area contributed by atoms with Gasteiger partial charge in [0.2, 0.25) is 0 Å². The van der Waals surface area contributed by atoms with Gasteiger partial charge in [-0.3, -0.25) is 4.90 Å². The third-order valence-electron chi connectivity index (χ3n) is 3.91. The smallest absolute Gasteiger partial charge is 0.0566 e. The molecule has 110 valence electrons. The molecule has 2 nitrogen and oxygen atoms in total. The van der Waals surface area contributed by atoms with E-state index in [1.807, 2.05) is 11.3 Å². The molecule has 0 aromatic carbocycles. The molecule has 0 fully saturated rings. The summed E-state index contributed by atoms with van der Waals surface area (Å²) in [7, 11) is 0. The number of unbranched alkanes of at least 4 members (excludes halogenated alkanes) is 1. The number of hydrogen-bond acceptors (Lipinski definition) is 3. The maximum atomic E-state index is 6.09. The van der Waals surface area contributed by atoms with E-state index in [0.29, 0.717) is 12.1 Å². The van der Waals surface area contributed by atoms with Crippen LogP contribution in [-0.4, -0.2) is 24.0 Å². The molecule has 2 N–H and O–H groups in total. The van der Waals surface area contributed by atoms with Crippen molar-refractivity contribution < 1.29 is 0 Å². The number of nitrogens with two attached hydrogens (primary N) is 1. The Morgan fingerprint density at radius 2 is 2.00 bits per heavy atom. The lowest BCUT2D eigenvalue weighted by Gasteiger charge is -2.35. The number of rotatable bonds is 9. The van der Waals surface area contributed by atoms with Gasteiger partial charge in [0.1, 0.15) is 0 Å². The molecule has 1 heterocycles. The molecule has 0 bridgehead atoms. The molecular formula is C16H30N2S. The Kier molecular flexibility index (Phi) is 7.66. The van der Waals surface area contributed by atoms with Crippen LogP contribution >= 0.6 is 11.3 Å². The zero-order valence-corrected chi connectivity index (χ0v) is 13.8. The van der Waals surface area contributed by atoms with E-state index in [0.717, 1.165) is 19.5 Å². The predicted molar refractivity (Wildman–Crippen MR) is 86.9 cm³/mol. The van der Waals surface area contributed by atoms with Crippen molar-refractivity contribution in [3.05, 3.63) is 21.9 Å². The first-order chi connectivity index (χ1) is 9.17. The van der Waals surface area contributed by atoms with Crippen molar-refractivity contribution in [2.75, 3.05) is 13.1 Å². The Balaban J connectivity index is 2.87. The third-order valence-corrected chi connectivity index (χ3v) is 5.24. The van der Waals surface area contributed by atoms with Crippen molar-refractivity contribution in [3.63, 3.8) is 0 Å². The number of nitrogens with zero attached hydrogens (tertiary/aromatic N) is 1. The molecule has 0 aliphatic rings. The van der Waals surface area contributed by atoms with Gasteiger partial charge in [-0.05, 0) is 44.9 Å². The molecule has 2 unspecified atom stereocenters. The largest absolute Gasteiger partial charge is 0.329 e. The molecule has 0 amide bonds. The normalized spacial score (nSPS) is 14.8. The van der Waals surface area contributed by atoms with Crippen LogP contribution in [0.5, 0.6) is 0 Å². The number of thiophene rings is 1. The first-order valence-corrected chi connectivity index (χ1v) is 8.53. The molecule has 1 rings (SSSR count). The number of aryl methyl sites for hydroxylation is 1. The van der Waals surface area contributed by atoms with Crippen molar-refractivity contribution in [1.82, 2.24) is 4.90 Å². The van der Waals surface area contributed by atoms with Gasteiger partial charge in [-0.15, -0.1) is 11.3 Å². The fourth-order valence-electron chi connectivity index (χ4n) is 2.44. The van der Waals surface area contributed by atoms with E-state index >= 15 is 0 Å². The standard InChI is InChI=1S/C16H30N2S/c1-5-8-11-18(13(4)6-2)15(12-17)16-10-9-14(7-3)19-16/h9-10,13,15H,5-8,11-12,17H2,1-4H3. The zero-order valence-electron chi connectivity index (χ0n) is 13.0. The van der Waals surface area contributed by atoms with Crippen LogP contribution in [0.2, 0.25) is 0 Å². The maximum Gasteiger partial charge on any atom is 0.0566 e. The fraction of sp³-hybridized carbons (Fsp3) is 0.750. The Morgan fingerprint density at radius 1 is 1.26 bits per heavy atom. The molecular weight excluding hydrogens is 252 g/mol. The zero-order chi connectivity index (χ0) is 14.3. The fourth-order valence-corrected chi connectivity index (χ4v) is 3.52. The molecule has 2 atom stereocenters. The predicted octanol–water partition coefficient (Wildman–Crippen LogP) is 4.21. The minimum atomic E-state index is 0.395. The van der Waals surface area contributed by atoms with Gasteiger partial charge >= 0.3 is 0 Å². The summed E-state index contributed by atoms with van der Waals surface area (Å²) in [6.07, 6.45) is 4.81. The Morgan fingerprint density at radius 3 is 2.47 bits per heavy atom. The van der Waals surface area contributed by atoms with Crippen molar-refractivity contribution in [2.24, 2.45) is 5.73 Å². The third kappa shape index (κ3) is 4.59. The highest BCUT2D eigenvalue weighted by Crippen LogP contribution is 2.29. The summed E-state index contributed by atoms with van der Waals surface area (Å²) in [4.78, 5) is 5.51. The van der Waals surface area contributed by atoms with E-state index in [1.54, 1.807) is 0 Å². The molecule has 0 saturated carbocycles. The maximum absolute atomic E-state index is 6.09. The average Bonchev–Trinajstić information content (AvgIpc) is 2.91. The van der Waals surface area contributed by atoms with Crippen LogP contribution in [0.15, 0.2) is 12.1 Å². The van der Waals surface area contributed by atoms with Gasteiger partial charge in [0.25, 0.3) is 0 Å². The van der Waals surface area contributed by atoms with Crippen LogP contribution in [0.4, 0.5) is 0 Å². The minimum Gasteiger partial charge on any atom is -0.329 e. The van der Waals surface area contributed by atoms with E-state index in [-0.39, 0.29) is 0 Å². The minimum absolute atomic E-state index is 0.395. The van der Waals surface area contributed by atoms with E-state index in [2.05, 4.69) is 44.7 Å². The summed E-state index contributed by atoms with van der Waals surface area (Å²) in [6, 6.07) is 5.54. The number of hydrogen-bond donors (Lipinski definition) is 1. The summed E-state index contributed by atoms with van der Waals surface area (Å²) < 4.78 is 0. The summed E-state index contributed by atoms with van der Waals surface area (Å²) in [6.45, 7) is 10.9. The first kappa shape index (κ1) is 16.7. The summed E-state index contributed by atoms with van der Waals surface area (Å²) in [5.41, 5.74) is 6.09. The molecule has 3 heteroatoms. The van der Waals surface area contributed by atoms with Gasteiger partial charge in [0, 0.05) is 22.3 Å². The van der Waals surface area contributed by atoms with Crippen LogP contribution in [-0.2, 0) is 6.42 Å². The van der Waals surface area contributed by atoms with E-state index in [9.17, 15) is 0 Å². The van der Waals surface area contributed by atoms with Crippen LogP contribution in [0, 0.1) is 0 Å². The Bertz CT molecular complexity index is 348. The Labute approximate surface area is 123 Å². The van der Waals surface area contributed by atoms with Crippen molar-refractivity contribution >= 4 is 11.3 Å². The Hall–Kier alpha value is -0.380. The highest BCUT2D eigenvalue weighted by Gasteiger charge is 2.23. The second kappa shape index (κ2) is 8.72. The van der Waals surface area contributed by atoms with Crippen LogP contribution in [0.1, 0.15) is 62.8 Å². The molecule has 19 heavy (non-hydrogen) atoms. The first-order valence-electron chi connectivity index (χ1n) is 7.72. The molecule has 1 aromatic heterocycles. The van der Waals surface area contributed by atoms with E-state index in [4.69, 9.17) is 5.73 Å². The van der Waals surface area contributed by atoms with Gasteiger partial charge < -0.3 is 5.73 Å². The van der Waals surface area contributed by atoms with Crippen molar-refractivity contribution in [2.45, 2.75) is 65.5 Å². The highest BCUT2D eigenvalue weighted by molar-refractivity contribution is 7.12. The van der Waals surface area contributed by atoms with Crippen molar-refractivity contribution in [3.8, 4) is 0 Å². The summed E-state index contributed by atoms with van der Waals surface area (Å²) in [5.74, 6) is 0.